The summed E-state index contributed by atoms with van der Waals surface area (Å²) in [5.41, 5.74) is 6.38. The van der Waals surface area contributed by atoms with Crippen LogP contribution in [0.15, 0.2) is 35.3 Å². The van der Waals surface area contributed by atoms with Crippen molar-refractivity contribution in [3.63, 3.8) is 0 Å². The van der Waals surface area contributed by atoms with Gasteiger partial charge in [-0.3, -0.25) is 4.79 Å². The number of primary amides is 1. The van der Waals surface area contributed by atoms with E-state index in [1.54, 1.807) is 24.3 Å². The van der Waals surface area contributed by atoms with Crippen LogP contribution in [0, 0.1) is 0 Å². The fourth-order valence-corrected chi connectivity index (χ4v) is 1.38. The Morgan fingerprint density at radius 1 is 1.22 bits per heavy atom. The van der Waals surface area contributed by atoms with Gasteiger partial charge in [0.05, 0.1) is 0 Å². The molecule has 0 aliphatic carbocycles. The highest BCUT2D eigenvalue weighted by Gasteiger charge is 2.04. The lowest BCUT2D eigenvalue weighted by Crippen LogP contribution is -2.28. The summed E-state index contributed by atoms with van der Waals surface area (Å²) < 4.78 is 0.707. The van der Waals surface area contributed by atoms with E-state index in [0.717, 1.165) is 5.56 Å². The van der Waals surface area contributed by atoms with Crippen LogP contribution in [0.25, 0.3) is 0 Å². The molecule has 0 spiro atoms. The SMILES string of the molecule is C=C(Br)CNC(=O)c1ccc(CNC(N)=O)cc1. The number of nitrogens with one attached hydrogen (secondary N) is 2. The second-order valence-corrected chi connectivity index (χ2v) is 4.74. The summed E-state index contributed by atoms with van der Waals surface area (Å²) in [6, 6.07) is 6.31. The molecule has 0 heterocycles. The van der Waals surface area contributed by atoms with Gasteiger partial charge in [-0.05, 0) is 17.7 Å². The molecule has 18 heavy (non-hydrogen) atoms. The van der Waals surface area contributed by atoms with Gasteiger partial charge in [-0.2, -0.15) is 0 Å². The van der Waals surface area contributed by atoms with Gasteiger partial charge in [0, 0.05) is 23.1 Å². The second kappa shape index (κ2) is 6.80. The number of hydrogen-bond donors (Lipinski definition) is 3. The van der Waals surface area contributed by atoms with Gasteiger partial charge in [0.2, 0.25) is 0 Å². The lowest BCUT2D eigenvalue weighted by atomic mass is 10.1. The van der Waals surface area contributed by atoms with Crippen LogP contribution < -0.4 is 16.4 Å². The first-order valence-corrected chi connectivity index (χ1v) is 6.02. The predicted octanol–water partition coefficient (Wildman–Crippen LogP) is 1.49. The summed E-state index contributed by atoms with van der Waals surface area (Å²) >= 11 is 3.16. The Bertz CT molecular complexity index is 457. The summed E-state index contributed by atoms with van der Waals surface area (Å²) in [6.07, 6.45) is 0. The molecule has 6 heteroatoms. The number of carbonyl (C=O) groups is 2. The normalized spacial score (nSPS) is 9.61. The Morgan fingerprint density at radius 3 is 2.33 bits per heavy atom. The Morgan fingerprint density at radius 2 is 1.83 bits per heavy atom. The van der Waals surface area contributed by atoms with Crippen LogP contribution in [-0.4, -0.2) is 18.5 Å². The lowest BCUT2D eigenvalue weighted by molar-refractivity contribution is 0.0957. The van der Waals surface area contributed by atoms with Crippen molar-refractivity contribution in [1.29, 1.82) is 0 Å². The topological polar surface area (TPSA) is 84.2 Å². The van der Waals surface area contributed by atoms with Gasteiger partial charge < -0.3 is 16.4 Å². The van der Waals surface area contributed by atoms with Gasteiger partial charge in [0.25, 0.3) is 5.91 Å². The summed E-state index contributed by atoms with van der Waals surface area (Å²) in [7, 11) is 0. The molecule has 0 saturated heterocycles. The average Bonchev–Trinajstić information content (AvgIpc) is 2.34. The second-order valence-electron chi connectivity index (χ2n) is 3.61. The van der Waals surface area contributed by atoms with Crippen molar-refractivity contribution in [2.24, 2.45) is 5.73 Å². The highest BCUT2D eigenvalue weighted by Crippen LogP contribution is 2.05. The molecule has 0 aliphatic heterocycles. The van der Waals surface area contributed by atoms with E-state index in [-0.39, 0.29) is 5.91 Å². The number of nitrogens with two attached hydrogens (primary N) is 1. The zero-order valence-corrected chi connectivity index (χ0v) is 11.3. The molecule has 4 N–H and O–H groups in total. The molecule has 3 amide bonds. The van der Waals surface area contributed by atoms with Crippen molar-refractivity contribution < 1.29 is 9.59 Å². The Hall–Kier alpha value is -1.82. The van der Waals surface area contributed by atoms with E-state index in [1.807, 2.05) is 0 Å². The molecule has 0 aliphatic rings. The third kappa shape index (κ3) is 5.01. The standard InChI is InChI=1S/C12H14BrN3O2/c1-8(13)6-15-11(17)10-4-2-9(3-5-10)7-16-12(14)18/h2-5H,1,6-7H2,(H,15,17)(H3,14,16,18). The van der Waals surface area contributed by atoms with Crippen molar-refractivity contribution in [1.82, 2.24) is 10.6 Å². The van der Waals surface area contributed by atoms with E-state index < -0.39 is 6.03 Å². The quantitative estimate of drug-likeness (QED) is 0.769. The number of urea groups is 1. The molecule has 1 aromatic rings. The van der Waals surface area contributed by atoms with Gasteiger partial charge in [-0.25, -0.2) is 4.79 Å². The van der Waals surface area contributed by atoms with Gasteiger partial charge in [-0.1, -0.05) is 34.6 Å². The van der Waals surface area contributed by atoms with E-state index in [0.29, 0.717) is 23.1 Å². The maximum atomic E-state index is 11.7. The predicted molar refractivity (Wildman–Crippen MR) is 73.3 cm³/mol. The fraction of sp³-hybridized carbons (Fsp3) is 0.167. The molecule has 1 rings (SSSR count). The van der Waals surface area contributed by atoms with Gasteiger partial charge in [0.1, 0.15) is 0 Å². The summed E-state index contributed by atoms with van der Waals surface area (Å²) in [5.74, 6) is -0.176. The van der Waals surface area contributed by atoms with Crippen LogP contribution in [0.2, 0.25) is 0 Å². The monoisotopic (exact) mass is 311 g/mol. The fourth-order valence-electron chi connectivity index (χ4n) is 1.24. The van der Waals surface area contributed by atoms with E-state index in [9.17, 15) is 9.59 Å². The van der Waals surface area contributed by atoms with Crippen LogP contribution in [0.4, 0.5) is 4.79 Å². The van der Waals surface area contributed by atoms with Gasteiger partial charge in [0.15, 0.2) is 0 Å². The number of halogens is 1. The molecule has 0 fully saturated rings. The van der Waals surface area contributed by atoms with Crippen molar-refractivity contribution in [3.05, 3.63) is 46.5 Å². The third-order valence-corrected chi connectivity index (χ3v) is 2.40. The summed E-state index contributed by atoms with van der Waals surface area (Å²) in [5, 5.41) is 5.16. The number of carbonyl (C=O) groups excluding carboxylic acids is 2. The van der Waals surface area contributed by atoms with Crippen LogP contribution in [-0.2, 0) is 6.54 Å². The first kappa shape index (κ1) is 14.2. The molecule has 0 aromatic heterocycles. The zero-order valence-electron chi connectivity index (χ0n) is 9.70. The third-order valence-electron chi connectivity index (χ3n) is 2.12. The largest absolute Gasteiger partial charge is 0.352 e. The summed E-state index contributed by atoms with van der Waals surface area (Å²) in [4.78, 5) is 22.2. The molecule has 5 nitrogen and oxygen atoms in total. The van der Waals surface area contributed by atoms with Crippen molar-refractivity contribution in [2.75, 3.05) is 6.54 Å². The minimum absolute atomic E-state index is 0.176. The molecule has 0 atom stereocenters. The highest BCUT2D eigenvalue weighted by molar-refractivity contribution is 9.11. The van der Waals surface area contributed by atoms with E-state index in [4.69, 9.17) is 5.73 Å². The molecular formula is C12H14BrN3O2. The van der Waals surface area contributed by atoms with E-state index in [2.05, 4.69) is 33.1 Å². The van der Waals surface area contributed by atoms with Crippen molar-refractivity contribution in [3.8, 4) is 0 Å². The Labute approximate surface area is 114 Å². The molecule has 0 saturated carbocycles. The number of hydrogen-bond acceptors (Lipinski definition) is 2. The Balaban J connectivity index is 2.56. The highest BCUT2D eigenvalue weighted by atomic mass is 79.9. The molecule has 0 unspecified atom stereocenters. The average molecular weight is 312 g/mol. The minimum atomic E-state index is -0.576. The lowest BCUT2D eigenvalue weighted by Gasteiger charge is -2.06. The molecule has 96 valence electrons. The smallest absolute Gasteiger partial charge is 0.312 e. The van der Waals surface area contributed by atoms with Crippen LogP contribution in [0.1, 0.15) is 15.9 Å². The van der Waals surface area contributed by atoms with Crippen LogP contribution in [0.3, 0.4) is 0 Å². The molecule has 1 aromatic carbocycles. The number of benzene rings is 1. The maximum absolute atomic E-state index is 11.7. The molecule has 0 radical (unpaired) electrons. The zero-order chi connectivity index (χ0) is 13.5. The Kier molecular flexibility index (Phi) is 5.38. The van der Waals surface area contributed by atoms with Gasteiger partial charge in [-0.15, -0.1) is 0 Å². The molecule has 0 bridgehead atoms. The van der Waals surface area contributed by atoms with Gasteiger partial charge >= 0.3 is 6.03 Å². The minimum Gasteiger partial charge on any atom is -0.352 e. The number of amides is 3. The van der Waals surface area contributed by atoms with E-state index in [1.165, 1.54) is 0 Å². The van der Waals surface area contributed by atoms with Crippen molar-refractivity contribution >= 4 is 27.9 Å². The first-order valence-electron chi connectivity index (χ1n) is 5.23. The van der Waals surface area contributed by atoms with Crippen LogP contribution in [0.5, 0.6) is 0 Å². The summed E-state index contributed by atoms with van der Waals surface area (Å²) in [6.45, 7) is 4.35. The van der Waals surface area contributed by atoms with E-state index >= 15 is 0 Å². The van der Waals surface area contributed by atoms with Crippen molar-refractivity contribution in [2.45, 2.75) is 6.54 Å². The molecular weight excluding hydrogens is 298 g/mol. The maximum Gasteiger partial charge on any atom is 0.312 e. The first-order chi connectivity index (χ1) is 8.49. The van der Waals surface area contributed by atoms with Crippen LogP contribution >= 0.6 is 15.9 Å². The number of rotatable bonds is 5.